The van der Waals surface area contributed by atoms with Crippen molar-refractivity contribution < 1.29 is 9.53 Å². The Bertz CT molecular complexity index is 889. The molecule has 1 aromatic heterocycles. The summed E-state index contributed by atoms with van der Waals surface area (Å²) in [6.07, 6.45) is 0. The van der Waals surface area contributed by atoms with Crippen molar-refractivity contribution in [3.05, 3.63) is 48.0 Å². The summed E-state index contributed by atoms with van der Waals surface area (Å²) in [5.41, 5.74) is 3.74. The molecule has 1 N–H and O–H groups in total. The Kier molecular flexibility index (Phi) is 4.76. The number of amides is 1. The highest BCUT2D eigenvalue weighted by molar-refractivity contribution is 7.99. The van der Waals surface area contributed by atoms with Crippen LogP contribution in [0.3, 0.4) is 0 Å². The zero-order chi connectivity index (χ0) is 17.1. The van der Waals surface area contributed by atoms with Gasteiger partial charge >= 0.3 is 0 Å². The number of fused-ring (bicyclic) bond motifs is 1. The molecule has 0 radical (unpaired) electrons. The molecule has 5 nitrogen and oxygen atoms in total. The number of aromatic nitrogens is 2. The first-order valence-corrected chi connectivity index (χ1v) is 8.56. The summed E-state index contributed by atoms with van der Waals surface area (Å²) in [6, 6.07) is 13.6. The normalized spacial score (nSPS) is 10.8. The Balaban J connectivity index is 1.69. The number of hydrogen-bond donors (Lipinski definition) is 1. The van der Waals surface area contributed by atoms with Gasteiger partial charge in [0.15, 0.2) is 5.16 Å². The van der Waals surface area contributed by atoms with Gasteiger partial charge in [0.1, 0.15) is 5.75 Å². The molecule has 1 heterocycles. The molecule has 0 atom stereocenters. The molecule has 3 aromatic rings. The molecule has 0 saturated carbocycles. The first-order valence-electron chi connectivity index (χ1n) is 7.57. The summed E-state index contributed by atoms with van der Waals surface area (Å²) in [6.45, 7) is 1.98. The molecule has 24 heavy (non-hydrogen) atoms. The summed E-state index contributed by atoms with van der Waals surface area (Å²) >= 11 is 1.42. The highest BCUT2D eigenvalue weighted by Gasteiger charge is 2.12. The number of rotatable bonds is 5. The zero-order valence-corrected chi connectivity index (χ0v) is 14.7. The summed E-state index contributed by atoms with van der Waals surface area (Å²) in [5, 5.41) is 3.73. The third-order valence-corrected chi connectivity index (χ3v) is 4.74. The molecular formula is C18H19N3O2S. The van der Waals surface area contributed by atoms with Crippen LogP contribution in [0.4, 0.5) is 5.69 Å². The topological polar surface area (TPSA) is 56.1 Å². The summed E-state index contributed by atoms with van der Waals surface area (Å²) < 4.78 is 7.29. The van der Waals surface area contributed by atoms with E-state index in [4.69, 9.17) is 4.74 Å². The van der Waals surface area contributed by atoms with Crippen molar-refractivity contribution in [2.24, 2.45) is 7.05 Å². The molecule has 1 amide bonds. The van der Waals surface area contributed by atoms with Gasteiger partial charge < -0.3 is 14.6 Å². The number of carbonyl (C=O) groups excluding carboxylic acids is 1. The van der Waals surface area contributed by atoms with Crippen LogP contribution < -0.4 is 10.1 Å². The second-order valence-corrected chi connectivity index (χ2v) is 6.43. The van der Waals surface area contributed by atoms with Crippen molar-refractivity contribution >= 4 is 34.4 Å². The Hall–Kier alpha value is -2.47. The smallest absolute Gasteiger partial charge is 0.234 e. The van der Waals surface area contributed by atoms with E-state index in [9.17, 15) is 4.79 Å². The number of nitrogens with one attached hydrogen (secondary N) is 1. The molecule has 6 heteroatoms. The lowest BCUT2D eigenvalue weighted by atomic mass is 10.2. The van der Waals surface area contributed by atoms with Crippen molar-refractivity contribution in [1.29, 1.82) is 0 Å². The molecule has 0 aliphatic rings. The first kappa shape index (κ1) is 16.4. The number of aryl methyl sites for hydroxylation is 2. The summed E-state index contributed by atoms with van der Waals surface area (Å²) in [5.74, 6) is 0.853. The van der Waals surface area contributed by atoms with Crippen LogP contribution in [0.5, 0.6) is 5.75 Å². The minimum absolute atomic E-state index is 0.0871. The van der Waals surface area contributed by atoms with E-state index in [-0.39, 0.29) is 11.7 Å². The van der Waals surface area contributed by atoms with Crippen LogP contribution in [0.25, 0.3) is 11.0 Å². The largest absolute Gasteiger partial charge is 0.495 e. The van der Waals surface area contributed by atoms with Crippen LogP contribution in [-0.4, -0.2) is 28.3 Å². The van der Waals surface area contributed by atoms with Gasteiger partial charge in [0, 0.05) is 7.05 Å². The first-order chi connectivity index (χ1) is 11.6. The van der Waals surface area contributed by atoms with Gasteiger partial charge in [0.2, 0.25) is 5.91 Å². The van der Waals surface area contributed by atoms with Gasteiger partial charge in [-0.3, -0.25) is 4.79 Å². The van der Waals surface area contributed by atoms with Crippen LogP contribution >= 0.6 is 11.8 Å². The van der Waals surface area contributed by atoms with Crippen molar-refractivity contribution in [3.8, 4) is 5.75 Å². The summed E-state index contributed by atoms with van der Waals surface area (Å²) in [4.78, 5) is 16.8. The molecular weight excluding hydrogens is 322 g/mol. The molecule has 124 valence electrons. The second-order valence-electron chi connectivity index (χ2n) is 5.48. The van der Waals surface area contributed by atoms with E-state index in [2.05, 4.69) is 10.3 Å². The number of nitrogens with zero attached hydrogens (tertiary/aromatic N) is 2. The average molecular weight is 341 g/mol. The SMILES string of the molecule is COc1ccc(C)cc1NC(=O)CSc1nc2ccccc2n1C. The third-order valence-electron chi connectivity index (χ3n) is 3.71. The zero-order valence-electron chi connectivity index (χ0n) is 13.9. The number of benzene rings is 2. The monoisotopic (exact) mass is 341 g/mol. The van der Waals surface area contributed by atoms with E-state index >= 15 is 0 Å². The van der Waals surface area contributed by atoms with Gasteiger partial charge in [-0.05, 0) is 36.8 Å². The lowest BCUT2D eigenvalue weighted by Crippen LogP contribution is -2.15. The lowest BCUT2D eigenvalue weighted by molar-refractivity contribution is -0.113. The average Bonchev–Trinajstić information content (AvgIpc) is 2.90. The highest BCUT2D eigenvalue weighted by atomic mass is 32.2. The van der Waals surface area contributed by atoms with Gasteiger partial charge in [-0.15, -0.1) is 0 Å². The second kappa shape index (κ2) is 6.97. The number of ether oxygens (including phenoxy) is 1. The van der Waals surface area contributed by atoms with Crippen molar-refractivity contribution in [2.75, 3.05) is 18.2 Å². The van der Waals surface area contributed by atoms with E-state index in [0.29, 0.717) is 11.4 Å². The molecule has 2 aromatic carbocycles. The van der Waals surface area contributed by atoms with E-state index in [0.717, 1.165) is 21.8 Å². The van der Waals surface area contributed by atoms with Crippen molar-refractivity contribution in [1.82, 2.24) is 9.55 Å². The molecule has 0 saturated heterocycles. The lowest BCUT2D eigenvalue weighted by Gasteiger charge is -2.10. The number of carbonyl (C=O) groups is 1. The van der Waals surface area contributed by atoms with Crippen LogP contribution in [0.2, 0.25) is 0 Å². The summed E-state index contributed by atoms with van der Waals surface area (Å²) in [7, 11) is 3.55. The molecule has 0 aliphatic heterocycles. The predicted octanol–water partition coefficient (Wildman–Crippen LogP) is 3.62. The Labute approximate surface area is 145 Å². The number of thioether (sulfide) groups is 1. The van der Waals surface area contributed by atoms with Crippen molar-refractivity contribution in [2.45, 2.75) is 12.1 Å². The third kappa shape index (κ3) is 3.38. The number of hydrogen-bond acceptors (Lipinski definition) is 4. The molecule has 0 fully saturated rings. The minimum atomic E-state index is -0.0871. The Morgan fingerprint density at radius 2 is 2.08 bits per heavy atom. The number of para-hydroxylation sites is 2. The maximum absolute atomic E-state index is 12.3. The standard InChI is InChI=1S/C18H19N3O2S/c1-12-8-9-16(23-3)14(10-12)19-17(22)11-24-18-20-13-6-4-5-7-15(13)21(18)2/h4-10H,11H2,1-3H3,(H,19,22). The van der Waals surface area contributed by atoms with E-state index in [1.54, 1.807) is 7.11 Å². The van der Waals surface area contributed by atoms with Crippen molar-refractivity contribution in [3.63, 3.8) is 0 Å². The maximum atomic E-state index is 12.3. The van der Waals surface area contributed by atoms with Gasteiger partial charge in [-0.1, -0.05) is 30.0 Å². The fraction of sp³-hybridized carbons (Fsp3) is 0.222. The Morgan fingerprint density at radius 3 is 2.83 bits per heavy atom. The number of imidazole rings is 1. The predicted molar refractivity (Wildman–Crippen MR) is 97.8 cm³/mol. The molecule has 0 unspecified atom stereocenters. The fourth-order valence-corrected chi connectivity index (χ4v) is 3.28. The van der Waals surface area contributed by atoms with Gasteiger partial charge in [-0.2, -0.15) is 0 Å². The van der Waals surface area contributed by atoms with Gasteiger partial charge in [0.05, 0.1) is 29.6 Å². The molecule has 0 aliphatic carbocycles. The van der Waals surface area contributed by atoms with Crippen LogP contribution in [0, 0.1) is 6.92 Å². The van der Waals surface area contributed by atoms with Crippen LogP contribution in [0.15, 0.2) is 47.6 Å². The van der Waals surface area contributed by atoms with Gasteiger partial charge in [0.25, 0.3) is 0 Å². The van der Waals surface area contributed by atoms with E-state index in [1.165, 1.54) is 11.8 Å². The Morgan fingerprint density at radius 1 is 1.29 bits per heavy atom. The molecule has 0 bridgehead atoms. The minimum Gasteiger partial charge on any atom is -0.495 e. The van der Waals surface area contributed by atoms with E-state index in [1.807, 2.05) is 61.0 Å². The molecule has 3 rings (SSSR count). The maximum Gasteiger partial charge on any atom is 0.234 e. The van der Waals surface area contributed by atoms with Crippen LogP contribution in [-0.2, 0) is 11.8 Å². The molecule has 0 spiro atoms. The van der Waals surface area contributed by atoms with Gasteiger partial charge in [-0.25, -0.2) is 4.98 Å². The highest BCUT2D eigenvalue weighted by Crippen LogP contribution is 2.26. The fourth-order valence-electron chi connectivity index (χ4n) is 2.49. The quantitative estimate of drug-likeness (QED) is 0.720. The van der Waals surface area contributed by atoms with E-state index < -0.39 is 0 Å². The van der Waals surface area contributed by atoms with Crippen LogP contribution in [0.1, 0.15) is 5.56 Å². The number of anilines is 1. The number of methoxy groups -OCH3 is 1.